The minimum atomic E-state index is -4.27. The van der Waals surface area contributed by atoms with Crippen LogP contribution in [0.5, 0.6) is 0 Å². The van der Waals surface area contributed by atoms with Crippen molar-refractivity contribution in [2.24, 2.45) is 0 Å². The molecule has 30 heavy (non-hydrogen) atoms. The summed E-state index contributed by atoms with van der Waals surface area (Å²) in [4.78, 5) is 9.89. The molecule has 0 amide bonds. The lowest BCUT2D eigenvalue weighted by Crippen LogP contribution is -2.44. The minimum absolute atomic E-state index is 0.313. The van der Waals surface area contributed by atoms with Crippen LogP contribution < -0.4 is 9.44 Å². The summed E-state index contributed by atoms with van der Waals surface area (Å²) >= 11 is 1.59. The van der Waals surface area contributed by atoms with Crippen molar-refractivity contribution in [3.05, 3.63) is 68.4 Å². The average Bonchev–Trinajstić information content (AvgIpc) is 2.63. The van der Waals surface area contributed by atoms with Crippen molar-refractivity contribution < 1.29 is 22.3 Å². The molecule has 0 spiro atoms. The number of rotatable bonds is 8. The van der Waals surface area contributed by atoms with E-state index in [1.54, 1.807) is 26.8 Å². The van der Waals surface area contributed by atoms with E-state index >= 15 is 0 Å². The van der Waals surface area contributed by atoms with E-state index in [9.17, 15) is 27.5 Å². The van der Waals surface area contributed by atoms with Crippen LogP contribution in [0.25, 0.3) is 0 Å². The SMILES string of the molecule is CC(C)(C)[S@@+]([O-])N[C@H](CNS(=O)(=O)c1ccccc1[N+](=O)[O-])c1cc(F)cc(Br)c1. The van der Waals surface area contributed by atoms with Gasteiger partial charge in [-0.15, -0.1) is 4.72 Å². The molecule has 2 atom stereocenters. The van der Waals surface area contributed by atoms with Gasteiger partial charge in [0.05, 0.1) is 11.0 Å². The van der Waals surface area contributed by atoms with Gasteiger partial charge >= 0.3 is 0 Å². The molecule has 0 heterocycles. The highest BCUT2D eigenvalue weighted by Crippen LogP contribution is 2.26. The van der Waals surface area contributed by atoms with Gasteiger partial charge in [0, 0.05) is 28.4 Å². The number of sulfonamides is 1. The maximum absolute atomic E-state index is 13.9. The molecule has 8 nitrogen and oxygen atoms in total. The van der Waals surface area contributed by atoms with Crippen molar-refractivity contribution in [1.29, 1.82) is 0 Å². The number of hydrogen-bond donors (Lipinski definition) is 2. The molecule has 2 aromatic rings. The molecule has 0 bridgehead atoms. The van der Waals surface area contributed by atoms with E-state index in [-0.39, 0.29) is 6.54 Å². The first-order chi connectivity index (χ1) is 13.8. The van der Waals surface area contributed by atoms with Gasteiger partial charge in [0.25, 0.3) is 5.69 Å². The van der Waals surface area contributed by atoms with E-state index in [1.807, 2.05) is 0 Å². The molecule has 2 aromatic carbocycles. The van der Waals surface area contributed by atoms with Crippen LogP contribution in [0.3, 0.4) is 0 Å². The third-order valence-electron chi connectivity index (χ3n) is 3.92. The van der Waals surface area contributed by atoms with Gasteiger partial charge in [-0.25, -0.2) is 17.5 Å². The molecule has 0 radical (unpaired) electrons. The number of nitrogens with zero attached hydrogens (tertiary/aromatic N) is 1. The van der Waals surface area contributed by atoms with E-state index in [4.69, 9.17) is 0 Å². The van der Waals surface area contributed by atoms with Crippen molar-refractivity contribution in [3.63, 3.8) is 0 Å². The van der Waals surface area contributed by atoms with Gasteiger partial charge in [0.2, 0.25) is 10.0 Å². The van der Waals surface area contributed by atoms with E-state index in [0.717, 1.165) is 12.1 Å². The quantitative estimate of drug-likeness (QED) is 0.310. The largest absolute Gasteiger partial charge is 0.598 e. The number of para-hydroxylation sites is 1. The highest BCUT2D eigenvalue weighted by atomic mass is 79.9. The van der Waals surface area contributed by atoms with E-state index < -0.39 is 53.5 Å². The molecular formula is C18H21BrFN3O5S2. The molecule has 0 aliphatic carbocycles. The molecule has 2 rings (SSSR count). The first-order valence-corrected chi connectivity index (χ1v) is 12.1. The second-order valence-electron chi connectivity index (χ2n) is 7.33. The number of nitro benzene ring substituents is 1. The lowest BCUT2D eigenvalue weighted by atomic mass is 10.1. The molecule has 0 aromatic heterocycles. The topological polar surface area (TPSA) is 124 Å². The van der Waals surface area contributed by atoms with E-state index in [2.05, 4.69) is 25.4 Å². The first kappa shape index (κ1) is 24.7. The van der Waals surface area contributed by atoms with Crippen molar-refractivity contribution >= 4 is 43.0 Å². The highest BCUT2D eigenvalue weighted by molar-refractivity contribution is 9.10. The summed E-state index contributed by atoms with van der Waals surface area (Å²) in [5.74, 6) is -0.561. The Hall–Kier alpha value is -1.57. The van der Waals surface area contributed by atoms with Crippen molar-refractivity contribution in [2.75, 3.05) is 6.54 Å². The van der Waals surface area contributed by atoms with Crippen LogP contribution in [0, 0.1) is 15.9 Å². The lowest BCUT2D eigenvalue weighted by molar-refractivity contribution is -0.387. The van der Waals surface area contributed by atoms with Gasteiger partial charge in [-0.2, -0.15) is 0 Å². The molecule has 12 heteroatoms. The molecule has 0 unspecified atom stereocenters. The second kappa shape index (κ2) is 9.71. The number of benzene rings is 2. The van der Waals surface area contributed by atoms with Crippen LogP contribution in [0.1, 0.15) is 32.4 Å². The molecule has 2 N–H and O–H groups in total. The fourth-order valence-corrected chi connectivity index (χ4v) is 4.95. The fourth-order valence-electron chi connectivity index (χ4n) is 2.42. The number of nitro groups is 1. The van der Waals surface area contributed by atoms with Crippen molar-refractivity contribution in [2.45, 2.75) is 36.5 Å². The van der Waals surface area contributed by atoms with Crippen LogP contribution >= 0.6 is 15.9 Å². The zero-order valence-electron chi connectivity index (χ0n) is 16.4. The molecular weight excluding hydrogens is 501 g/mol. The van der Waals surface area contributed by atoms with Gasteiger partial charge in [0.1, 0.15) is 10.6 Å². The second-order valence-corrected chi connectivity index (χ2v) is 12.0. The molecule has 0 aliphatic rings. The zero-order valence-corrected chi connectivity index (χ0v) is 19.6. The summed E-state index contributed by atoms with van der Waals surface area (Å²) in [6, 6.07) is 8.07. The Kier molecular flexibility index (Phi) is 7.99. The summed E-state index contributed by atoms with van der Waals surface area (Å²) in [6.45, 7) is 4.87. The predicted octanol–water partition coefficient (Wildman–Crippen LogP) is 3.57. The summed E-state index contributed by atoms with van der Waals surface area (Å²) in [7, 11) is -4.27. The maximum atomic E-state index is 13.9. The van der Waals surface area contributed by atoms with Crippen molar-refractivity contribution in [1.82, 2.24) is 9.44 Å². The van der Waals surface area contributed by atoms with E-state index in [0.29, 0.717) is 10.0 Å². The van der Waals surface area contributed by atoms with Gasteiger partial charge in [-0.05, 0) is 50.6 Å². The normalized spacial score (nSPS) is 14.3. The minimum Gasteiger partial charge on any atom is -0.598 e. The average molecular weight is 522 g/mol. The zero-order chi connectivity index (χ0) is 22.7. The maximum Gasteiger partial charge on any atom is 0.289 e. The van der Waals surface area contributed by atoms with Crippen molar-refractivity contribution in [3.8, 4) is 0 Å². The Balaban J connectivity index is 2.35. The van der Waals surface area contributed by atoms with Gasteiger partial charge < -0.3 is 4.55 Å². The molecule has 0 saturated carbocycles. The van der Waals surface area contributed by atoms with Crippen LogP contribution in [-0.4, -0.2) is 29.2 Å². The molecule has 0 saturated heterocycles. The summed E-state index contributed by atoms with van der Waals surface area (Å²) in [6.07, 6.45) is 0. The Morgan fingerprint density at radius 2 is 1.87 bits per heavy atom. The monoisotopic (exact) mass is 521 g/mol. The first-order valence-electron chi connectivity index (χ1n) is 8.68. The van der Waals surface area contributed by atoms with E-state index in [1.165, 1.54) is 24.3 Å². The van der Waals surface area contributed by atoms with Crippen LogP contribution in [0.15, 0.2) is 51.8 Å². The summed E-state index contributed by atoms with van der Waals surface area (Å²) < 4.78 is 56.8. The van der Waals surface area contributed by atoms with Crippen LogP contribution in [0.2, 0.25) is 0 Å². The van der Waals surface area contributed by atoms with Gasteiger partial charge in [0.15, 0.2) is 4.90 Å². The number of halogens is 2. The summed E-state index contributed by atoms with van der Waals surface area (Å²) in [5, 5.41) is 11.2. The molecule has 0 aliphatic heterocycles. The number of hydrogen-bond acceptors (Lipinski definition) is 6. The highest BCUT2D eigenvalue weighted by Gasteiger charge is 2.32. The Labute approximate surface area is 185 Å². The smallest absolute Gasteiger partial charge is 0.289 e. The molecule has 164 valence electrons. The van der Waals surface area contributed by atoms with Gasteiger partial charge in [-0.3, -0.25) is 10.1 Å². The Morgan fingerprint density at radius 1 is 1.23 bits per heavy atom. The fraction of sp³-hybridized carbons (Fsp3) is 0.333. The lowest BCUT2D eigenvalue weighted by Gasteiger charge is -2.28. The van der Waals surface area contributed by atoms with Crippen LogP contribution in [0.4, 0.5) is 10.1 Å². The molecule has 0 fully saturated rings. The third-order valence-corrected chi connectivity index (χ3v) is 7.46. The predicted molar refractivity (Wildman–Crippen MR) is 116 cm³/mol. The van der Waals surface area contributed by atoms with Crippen LogP contribution in [-0.2, 0) is 21.4 Å². The third kappa shape index (κ3) is 6.46. The standard InChI is InChI=1S/C18H21BrFN3O5S2/c1-18(2,3)29(26)22-15(12-8-13(19)10-14(20)9-12)11-21-30(27,28)17-7-5-4-6-16(17)23(24)25/h4-10,15,21-22H,11H2,1-3H3/t15-,29-/m1/s1. The Bertz CT molecular complexity index is 1010. The summed E-state index contributed by atoms with van der Waals surface area (Å²) in [5.41, 5.74) is -0.217. The Morgan fingerprint density at radius 3 is 2.43 bits per heavy atom. The number of nitrogens with one attached hydrogen (secondary N) is 2. The van der Waals surface area contributed by atoms with Gasteiger partial charge in [-0.1, -0.05) is 28.1 Å².